The molecule has 2 aromatic heterocycles. The third-order valence-corrected chi connectivity index (χ3v) is 5.51. The van der Waals surface area contributed by atoms with Crippen molar-refractivity contribution in [3.63, 3.8) is 0 Å². The van der Waals surface area contributed by atoms with E-state index >= 15 is 0 Å². The number of aliphatic hydroxyl groups excluding tert-OH is 1. The average molecular weight is 409 g/mol. The summed E-state index contributed by atoms with van der Waals surface area (Å²) in [6.07, 6.45) is 4.64. The van der Waals surface area contributed by atoms with Gasteiger partial charge in [-0.3, -0.25) is 4.68 Å². The normalized spacial score (nSPS) is 16.2. The van der Waals surface area contributed by atoms with Crippen LogP contribution in [0.4, 0.5) is 5.95 Å². The highest BCUT2D eigenvalue weighted by Crippen LogP contribution is 2.34. The zero-order chi connectivity index (χ0) is 21.1. The molecule has 158 valence electrons. The lowest BCUT2D eigenvalue weighted by molar-refractivity contribution is 0.187. The Balaban J connectivity index is 1.69. The number of nitrogens with one attached hydrogen (secondary N) is 1. The van der Waals surface area contributed by atoms with E-state index in [2.05, 4.69) is 20.4 Å². The van der Waals surface area contributed by atoms with E-state index in [1.165, 1.54) is 0 Å². The van der Waals surface area contributed by atoms with Crippen molar-refractivity contribution in [2.75, 3.05) is 31.7 Å². The molecule has 3 heterocycles. The van der Waals surface area contributed by atoms with Crippen LogP contribution in [-0.4, -0.2) is 56.3 Å². The molecule has 1 atom stereocenters. The highest BCUT2D eigenvalue weighted by Gasteiger charge is 2.18. The molecule has 8 heteroatoms. The number of anilines is 1. The topological polar surface area (TPSA) is 105 Å². The van der Waals surface area contributed by atoms with Crippen LogP contribution in [0.3, 0.4) is 0 Å². The van der Waals surface area contributed by atoms with Crippen molar-refractivity contribution in [1.29, 1.82) is 0 Å². The molecule has 0 spiro atoms. The minimum Gasteiger partial charge on any atom is -0.508 e. The third-order valence-electron chi connectivity index (χ3n) is 5.51. The van der Waals surface area contributed by atoms with Gasteiger partial charge in [0.1, 0.15) is 11.4 Å². The van der Waals surface area contributed by atoms with E-state index in [1.807, 2.05) is 32.2 Å². The number of rotatable bonds is 7. The van der Waals surface area contributed by atoms with Crippen LogP contribution in [0, 0.1) is 19.8 Å². The van der Waals surface area contributed by atoms with Crippen molar-refractivity contribution in [2.45, 2.75) is 26.8 Å². The summed E-state index contributed by atoms with van der Waals surface area (Å²) in [5.74, 6) is 1.26. The molecule has 0 saturated carbocycles. The Morgan fingerprint density at radius 2 is 2.17 bits per heavy atom. The van der Waals surface area contributed by atoms with Gasteiger partial charge in [0.15, 0.2) is 0 Å². The number of aromatic nitrogens is 4. The fourth-order valence-corrected chi connectivity index (χ4v) is 3.59. The SMILES string of the molecule is Cc1cc(-c2nn(CCO)cc2-c2ccnc(NCC3CCOC3)n2)cc(O)c1C. The highest BCUT2D eigenvalue weighted by atomic mass is 16.5. The van der Waals surface area contributed by atoms with Gasteiger partial charge in [-0.15, -0.1) is 0 Å². The fourth-order valence-electron chi connectivity index (χ4n) is 3.59. The summed E-state index contributed by atoms with van der Waals surface area (Å²) in [6.45, 7) is 6.55. The molecule has 30 heavy (non-hydrogen) atoms. The van der Waals surface area contributed by atoms with Gasteiger partial charge in [-0.1, -0.05) is 0 Å². The molecule has 0 radical (unpaired) electrons. The Kier molecular flexibility index (Phi) is 5.96. The average Bonchev–Trinajstić information content (AvgIpc) is 3.41. The molecule has 4 rings (SSSR count). The van der Waals surface area contributed by atoms with Gasteiger partial charge in [0, 0.05) is 42.6 Å². The van der Waals surface area contributed by atoms with Crippen LogP contribution < -0.4 is 5.32 Å². The Morgan fingerprint density at radius 3 is 2.90 bits per heavy atom. The van der Waals surface area contributed by atoms with Crippen LogP contribution in [0.1, 0.15) is 17.5 Å². The molecule has 1 aliphatic rings. The molecule has 0 aliphatic carbocycles. The Hall–Kier alpha value is -2.97. The van der Waals surface area contributed by atoms with Gasteiger partial charge in [0.05, 0.1) is 25.5 Å². The van der Waals surface area contributed by atoms with Crippen LogP contribution in [0.5, 0.6) is 5.75 Å². The zero-order valence-corrected chi connectivity index (χ0v) is 17.3. The molecule has 1 aliphatic heterocycles. The maximum absolute atomic E-state index is 10.3. The molecule has 1 aromatic carbocycles. The first-order chi connectivity index (χ1) is 14.5. The maximum Gasteiger partial charge on any atom is 0.223 e. The van der Waals surface area contributed by atoms with Crippen molar-refractivity contribution in [3.8, 4) is 28.3 Å². The molecular weight excluding hydrogens is 382 g/mol. The number of hydrogen-bond acceptors (Lipinski definition) is 7. The van der Waals surface area contributed by atoms with E-state index in [0.717, 1.165) is 54.1 Å². The number of aliphatic hydroxyl groups is 1. The Labute approximate surface area is 175 Å². The summed E-state index contributed by atoms with van der Waals surface area (Å²) < 4.78 is 7.12. The first-order valence-corrected chi connectivity index (χ1v) is 10.2. The largest absolute Gasteiger partial charge is 0.508 e. The standard InChI is InChI=1S/C22H27N5O3/c1-14-9-17(10-20(29)15(14)2)21-18(12-27(26-21)6-7-28)19-3-5-23-22(25-19)24-11-16-4-8-30-13-16/h3,5,9-10,12,16,28-29H,4,6-8,11,13H2,1-2H3,(H,23,24,25). The minimum atomic E-state index is -0.0151. The van der Waals surface area contributed by atoms with Gasteiger partial charge in [0.2, 0.25) is 5.95 Å². The first-order valence-electron chi connectivity index (χ1n) is 10.2. The molecule has 1 fully saturated rings. The summed E-state index contributed by atoms with van der Waals surface area (Å²) in [6, 6.07) is 5.57. The molecular formula is C22H27N5O3. The Bertz CT molecular complexity index is 1000. The summed E-state index contributed by atoms with van der Waals surface area (Å²) in [5, 5.41) is 27.6. The summed E-state index contributed by atoms with van der Waals surface area (Å²) >= 11 is 0. The van der Waals surface area contributed by atoms with Crippen molar-refractivity contribution in [3.05, 3.63) is 41.7 Å². The molecule has 3 N–H and O–H groups in total. The first kappa shape index (κ1) is 20.3. The van der Waals surface area contributed by atoms with E-state index in [9.17, 15) is 10.2 Å². The Morgan fingerprint density at radius 1 is 1.30 bits per heavy atom. The van der Waals surface area contributed by atoms with E-state index in [1.54, 1.807) is 16.9 Å². The zero-order valence-electron chi connectivity index (χ0n) is 17.3. The van der Waals surface area contributed by atoms with Crippen molar-refractivity contribution in [2.24, 2.45) is 5.92 Å². The maximum atomic E-state index is 10.3. The van der Waals surface area contributed by atoms with Crippen LogP contribution in [0.15, 0.2) is 30.6 Å². The lowest BCUT2D eigenvalue weighted by Crippen LogP contribution is -2.15. The fraction of sp³-hybridized carbons (Fsp3) is 0.409. The second-order valence-corrected chi connectivity index (χ2v) is 7.69. The number of phenols is 1. The molecule has 3 aromatic rings. The lowest BCUT2D eigenvalue weighted by Gasteiger charge is -2.10. The number of aryl methyl sites for hydroxylation is 1. The predicted molar refractivity (Wildman–Crippen MR) is 114 cm³/mol. The van der Waals surface area contributed by atoms with E-state index < -0.39 is 0 Å². The molecule has 1 saturated heterocycles. The number of aromatic hydroxyl groups is 1. The minimum absolute atomic E-state index is 0.0151. The van der Waals surface area contributed by atoms with E-state index in [-0.39, 0.29) is 12.4 Å². The third kappa shape index (κ3) is 4.29. The second kappa shape index (κ2) is 8.81. The molecule has 0 amide bonds. The number of benzene rings is 1. The smallest absolute Gasteiger partial charge is 0.223 e. The van der Waals surface area contributed by atoms with Crippen molar-refractivity contribution in [1.82, 2.24) is 19.7 Å². The predicted octanol–water partition coefficient (Wildman–Crippen LogP) is 2.77. The van der Waals surface area contributed by atoms with Gasteiger partial charge in [-0.05, 0) is 49.6 Å². The second-order valence-electron chi connectivity index (χ2n) is 7.69. The molecule has 8 nitrogen and oxygen atoms in total. The number of ether oxygens (including phenoxy) is 1. The number of hydrogen-bond donors (Lipinski definition) is 3. The quantitative estimate of drug-likeness (QED) is 0.551. The van der Waals surface area contributed by atoms with Gasteiger partial charge in [-0.25, -0.2) is 9.97 Å². The monoisotopic (exact) mass is 409 g/mol. The number of phenolic OH excluding ortho intramolecular Hbond substituents is 1. The van der Waals surface area contributed by atoms with Gasteiger partial charge >= 0.3 is 0 Å². The summed E-state index contributed by atoms with van der Waals surface area (Å²) in [7, 11) is 0. The van der Waals surface area contributed by atoms with Gasteiger partial charge in [-0.2, -0.15) is 5.10 Å². The van der Waals surface area contributed by atoms with Crippen LogP contribution in [-0.2, 0) is 11.3 Å². The molecule has 1 unspecified atom stereocenters. The molecule has 0 bridgehead atoms. The van der Waals surface area contributed by atoms with Gasteiger partial charge in [0.25, 0.3) is 0 Å². The summed E-state index contributed by atoms with van der Waals surface area (Å²) in [5.41, 5.74) is 4.89. The highest BCUT2D eigenvalue weighted by molar-refractivity contribution is 5.80. The van der Waals surface area contributed by atoms with Crippen LogP contribution >= 0.6 is 0 Å². The number of nitrogens with zero attached hydrogens (tertiary/aromatic N) is 4. The van der Waals surface area contributed by atoms with E-state index in [0.29, 0.717) is 24.1 Å². The summed E-state index contributed by atoms with van der Waals surface area (Å²) in [4.78, 5) is 9.03. The van der Waals surface area contributed by atoms with Crippen molar-refractivity contribution < 1.29 is 14.9 Å². The van der Waals surface area contributed by atoms with Gasteiger partial charge < -0.3 is 20.3 Å². The van der Waals surface area contributed by atoms with Crippen LogP contribution in [0.25, 0.3) is 22.5 Å². The van der Waals surface area contributed by atoms with Crippen molar-refractivity contribution >= 4 is 5.95 Å². The van der Waals surface area contributed by atoms with E-state index in [4.69, 9.17) is 4.74 Å². The lowest BCUT2D eigenvalue weighted by atomic mass is 10.00. The van der Waals surface area contributed by atoms with Crippen LogP contribution in [0.2, 0.25) is 0 Å².